The number of aliphatic hydroxyl groups excluding tert-OH is 1. The van der Waals surface area contributed by atoms with E-state index in [4.69, 9.17) is 4.74 Å². The molecule has 25 heavy (non-hydrogen) atoms. The minimum atomic E-state index is -0.283. The molecular weight excluding hydrogens is 316 g/mol. The normalized spacial score (nSPS) is 26.2. The lowest BCUT2D eigenvalue weighted by molar-refractivity contribution is -0.193. The van der Waals surface area contributed by atoms with Crippen LogP contribution in [-0.2, 0) is 16.0 Å². The fourth-order valence-corrected chi connectivity index (χ4v) is 4.05. The van der Waals surface area contributed by atoms with Crippen LogP contribution >= 0.6 is 0 Å². The van der Waals surface area contributed by atoms with Gasteiger partial charge in [-0.05, 0) is 43.2 Å². The first-order valence-electron chi connectivity index (χ1n) is 9.50. The van der Waals surface area contributed by atoms with Crippen molar-refractivity contribution in [1.82, 2.24) is 9.88 Å². The number of nitrogens with zero attached hydrogens (tertiary/aromatic N) is 2. The molecule has 1 aromatic rings. The Morgan fingerprint density at radius 1 is 1.44 bits per heavy atom. The van der Waals surface area contributed by atoms with Gasteiger partial charge in [0.05, 0.1) is 17.8 Å². The number of carbonyl (C=O) groups excluding carboxylic acids is 1. The van der Waals surface area contributed by atoms with Gasteiger partial charge in [0.25, 0.3) is 0 Å². The van der Waals surface area contributed by atoms with Crippen LogP contribution in [0.15, 0.2) is 24.5 Å². The molecule has 3 heterocycles. The zero-order valence-electron chi connectivity index (χ0n) is 15.4. The highest BCUT2D eigenvalue weighted by atomic mass is 16.5. The average molecular weight is 346 g/mol. The first-order valence-corrected chi connectivity index (χ1v) is 9.50. The van der Waals surface area contributed by atoms with Gasteiger partial charge in [-0.15, -0.1) is 0 Å². The second-order valence-electron chi connectivity index (χ2n) is 7.92. The number of rotatable bonds is 4. The second kappa shape index (κ2) is 7.83. The Hall–Kier alpha value is -1.46. The number of hydrogen-bond donors (Lipinski definition) is 1. The summed E-state index contributed by atoms with van der Waals surface area (Å²) < 4.78 is 6.40. The van der Waals surface area contributed by atoms with Crippen LogP contribution in [0.2, 0.25) is 0 Å². The lowest BCUT2D eigenvalue weighted by Crippen LogP contribution is -2.54. The van der Waals surface area contributed by atoms with Crippen LogP contribution in [0.1, 0.15) is 51.5 Å². The molecule has 5 nitrogen and oxygen atoms in total. The summed E-state index contributed by atoms with van der Waals surface area (Å²) in [6.07, 6.45) is 7.75. The Morgan fingerprint density at radius 3 is 2.84 bits per heavy atom. The Balaban J connectivity index is 1.51. The quantitative estimate of drug-likeness (QED) is 0.910. The Bertz CT molecular complexity index is 568. The van der Waals surface area contributed by atoms with Gasteiger partial charge in [-0.3, -0.25) is 9.78 Å². The molecular formula is C20H30N2O3. The van der Waals surface area contributed by atoms with E-state index in [9.17, 15) is 9.90 Å². The molecule has 5 heteroatoms. The summed E-state index contributed by atoms with van der Waals surface area (Å²) in [6.45, 7) is 5.74. The number of piperidine rings is 1. The zero-order valence-corrected chi connectivity index (χ0v) is 15.4. The van der Waals surface area contributed by atoms with Gasteiger partial charge in [-0.2, -0.15) is 0 Å². The number of aryl methyl sites for hydroxylation is 1. The summed E-state index contributed by atoms with van der Waals surface area (Å²) in [5.74, 6) is 0.612. The molecule has 138 valence electrons. The molecule has 1 spiro atoms. The number of hydrogen-bond acceptors (Lipinski definition) is 4. The summed E-state index contributed by atoms with van der Waals surface area (Å²) in [5, 5.41) is 10.3. The monoisotopic (exact) mass is 346 g/mol. The largest absolute Gasteiger partial charge is 0.393 e. The van der Waals surface area contributed by atoms with Crippen molar-refractivity contribution in [3.05, 3.63) is 30.1 Å². The van der Waals surface area contributed by atoms with Gasteiger partial charge in [0.15, 0.2) is 0 Å². The van der Waals surface area contributed by atoms with Crippen LogP contribution < -0.4 is 0 Å². The number of carbonyl (C=O) groups is 1. The number of pyridine rings is 1. The van der Waals surface area contributed by atoms with Crippen molar-refractivity contribution < 1.29 is 14.6 Å². The van der Waals surface area contributed by atoms with Gasteiger partial charge in [-0.1, -0.05) is 19.9 Å². The lowest BCUT2D eigenvalue weighted by atomic mass is 9.80. The van der Waals surface area contributed by atoms with E-state index >= 15 is 0 Å². The molecule has 2 aliphatic heterocycles. The van der Waals surface area contributed by atoms with Crippen LogP contribution in [-0.4, -0.2) is 51.8 Å². The van der Waals surface area contributed by atoms with Crippen LogP contribution in [0.3, 0.4) is 0 Å². The highest BCUT2D eigenvalue weighted by molar-refractivity contribution is 5.76. The number of aliphatic hydroxyl groups is 1. The Labute approximate surface area is 150 Å². The predicted octanol–water partition coefficient (Wildman–Crippen LogP) is 2.57. The van der Waals surface area contributed by atoms with Crippen molar-refractivity contribution in [3.8, 4) is 0 Å². The highest BCUT2D eigenvalue weighted by Gasteiger charge is 2.44. The summed E-state index contributed by atoms with van der Waals surface area (Å²) in [6, 6.07) is 3.91. The van der Waals surface area contributed by atoms with Crippen molar-refractivity contribution in [3.63, 3.8) is 0 Å². The standard InChI is InChI=1S/C20H30N2O3/c1-15(2)18-12-17(23)13-20(25-18)7-10-22(11-8-20)19(24)6-5-16-4-3-9-21-14-16/h3-4,9,14-15,17-18,23H,5-8,10-13H2,1-2H3/t17-,18-/m1/s1. The topological polar surface area (TPSA) is 62.7 Å². The first kappa shape index (κ1) is 18.3. The molecule has 0 unspecified atom stereocenters. The molecule has 0 aromatic carbocycles. The van der Waals surface area contributed by atoms with Gasteiger partial charge in [0, 0.05) is 38.3 Å². The maximum Gasteiger partial charge on any atom is 0.222 e. The van der Waals surface area contributed by atoms with Crippen LogP contribution in [0, 0.1) is 5.92 Å². The lowest BCUT2D eigenvalue weighted by Gasteiger charge is -2.48. The molecule has 0 aliphatic carbocycles. The highest BCUT2D eigenvalue weighted by Crippen LogP contribution is 2.39. The van der Waals surface area contributed by atoms with E-state index in [1.807, 2.05) is 23.2 Å². The van der Waals surface area contributed by atoms with Gasteiger partial charge in [0.1, 0.15) is 0 Å². The third kappa shape index (κ3) is 4.59. The Morgan fingerprint density at radius 2 is 2.20 bits per heavy atom. The second-order valence-corrected chi connectivity index (χ2v) is 7.92. The molecule has 1 N–H and O–H groups in total. The summed E-state index contributed by atoms with van der Waals surface area (Å²) in [4.78, 5) is 18.5. The van der Waals surface area contributed by atoms with E-state index < -0.39 is 0 Å². The van der Waals surface area contributed by atoms with Gasteiger partial charge in [-0.25, -0.2) is 0 Å². The maximum atomic E-state index is 12.5. The summed E-state index contributed by atoms with van der Waals surface area (Å²) >= 11 is 0. The van der Waals surface area contributed by atoms with Crippen molar-refractivity contribution in [1.29, 1.82) is 0 Å². The summed E-state index contributed by atoms with van der Waals surface area (Å²) in [7, 11) is 0. The smallest absolute Gasteiger partial charge is 0.222 e. The minimum absolute atomic E-state index is 0.122. The molecule has 2 fully saturated rings. The van der Waals surface area contributed by atoms with Crippen molar-refractivity contribution in [2.45, 2.75) is 70.2 Å². The molecule has 1 aromatic heterocycles. The molecule has 0 saturated carbocycles. The van der Waals surface area contributed by atoms with Crippen LogP contribution in [0.25, 0.3) is 0 Å². The van der Waals surface area contributed by atoms with Crippen molar-refractivity contribution >= 4 is 5.91 Å². The maximum absolute atomic E-state index is 12.5. The number of aromatic nitrogens is 1. The number of likely N-dealkylation sites (tertiary alicyclic amines) is 1. The third-order valence-electron chi connectivity index (χ3n) is 5.63. The van der Waals surface area contributed by atoms with E-state index in [0.717, 1.165) is 44.3 Å². The molecule has 0 bridgehead atoms. The molecule has 3 rings (SSSR count). The van der Waals surface area contributed by atoms with Crippen molar-refractivity contribution in [2.24, 2.45) is 5.92 Å². The average Bonchev–Trinajstić information content (AvgIpc) is 2.60. The van der Waals surface area contributed by atoms with Crippen molar-refractivity contribution in [2.75, 3.05) is 13.1 Å². The van der Waals surface area contributed by atoms with E-state index in [-0.39, 0.29) is 23.7 Å². The van der Waals surface area contributed by atoms with Gasteiger partial charge < -0.3 is 14.7 Å². The molecule has 2 aliphatic rings. The molecule has 2 atom stereocenters. The third-order valence-corrected chi connectivity index (χ3v) is 5.63. The Kier molecular flexibility index (Phi) is 5.74. The van der Waals surface area contributed by atoms with E-state index in [2.05, 4.69) is 18.8 Å². The van der Waals surface area contributed by atoms with E-state index in [1.165, 1.54) is 0 Å². The summed E-state index contributed by atoms with van der Waals surface area (Å²) in [5.41, 5.74) is 0.857. The van der Waals surface area contributed by atoms with Gasteiger partial charge >= 0.3 is 0 Å². The fourth-order valence-electron chi connectivity index (χ4n) is 4.05. The minimum Gasteiger partial charge on any atom is -0.393 e. The molecule has 1 amide bonds. The number of amides is 1. The molecule has 0 radical (unpaired) electrons. The van der Waals surface area contributed by atoms with Crippen LogP contribution in [0.5, 0.6) is 0 Å². The number of ether oxygens (including phenoxy) is 1. The predicted molar refractivity (Wildman–Crippen MR) is 96.1 cm³/mol. The SMILES string of the molecule is CC(C)[C@H]1C[C@@H](O)CC2(CCN(C(=O)CCc3cccnc3)CC2)O1. The zero-order chi connectivity index (χ0) is 17.9. The van der Waals surface area contributed by atoms with Crippen LogP contribution in [0.4, 0.5) is 0 Å². The van der Waals surface area contributed by atoms with E-state index in [0.29, 0.717) is 18.8 Å². The fraction of sp³-hybridized carbons (Fsp3) is 0.700. The van der Waals surface area contributed by atoms with Gasteiger partial charge in [0.2, 0.25) is 5.91 Å². The molecule has 2 saturated heterocycles. The first-order chi connectivity index (χ1) is 12.0. The van der Waals surface area contributed by atoms with E-state index in [1.54, 1.807) is 6.20 Å².